The Morgan fingerprint density at radius 3 is 2.53 bits per heavy atom. The standard InChI is InChI=1S/C10H11ClN2O2/c1-6(7(2)12)10-8(11)4-3-5-9(10)13(14)15/h3-5H,12H2,1-2H3. The zero-order valence-electron chi connectivity index (χ0n) is 8.45. The van der Waals surface area contributed by atoms with Crippen LogP contribution in [0.1, 0.15) is 19.4 Å². The van der Waals surface area contributed by atoms with Crippen molar-refractivity contribution in [2.24, 2.45) is 5.73 Å². The molecule has 0 fully saturated rings. The normalized spacial score (nSPS) is 12.2. The van der Waals surface area contributed by atoms with Crippen molar-refractivity contribution in [3.05, 3.63) is 44.6 Å². The van der Waals surface area contributed by atoms with Gasteiger partial charge in [0.1, 0.15) is 0 Å². The number of hydrogen-bond donors (Lipinski definition) is 1. The van der Waals surface area contributed by atoms with Gasteiger partial charge in [0.05, 0.1) is 15.5 Å². The molecule has 0 unspecified atom stereocenters. The number of hydrogen-bond acceptors (Lipinski definition) is 3. The highest BCUT2D eigenvalue weighted by Gasteiger charge is 2.18. The van der Waals surface area contributed by atoms with Crippen LogP contribution in [0, 0.1) is 10.1 Å². The number of nitrogens with two attached hydrogens (primary N) is 1. The van der Waals surface area contributed by atoms with Crippen LogP contribution in [0.4, 0.5) is 5.69 Å². The second-order valence-corrected chi connectivity index (χ2v) is 3.61. The third-order valence-corrected chi connectivity index (χ3v) is 2.47. The predicted octanol–water partition coefficient (Wildman–Crippen LogP) is 2.96. The molecule has 0 saturated heterocycles. The highest BCUT2D eigenvalue weighted by atomic mass is 35.5. The summed E-state index contributed by atoms with van der Waals surface area (Å²) in [5.74, 6) is 0. The quantitative estimate of drug-likeness (QED) is 0.623. The summed E-state index contributed by atoms with van der Waals surface area (Å²) in [6, 6.07) is 4.56. The summed E-state index contributed by atoms with van der Waals surface area (Å²) >= 11 is 5.92. The van der Waals surface area contributed by atoms with Crippen LogP contribution >= 0.6 is 11.6 Å². The lowest BCUT2D eigenvalue weighted by Gasteiger charge is -2.07. The zero-order chi connectivity index (χ0) is 11.6. The van der Waals surface area contributed by atoms with E-state index in [1.807, 2.05) is 0 Å². The Kier molecular flexibility index (Phi) is 3.31. The van der Waals surface area contributed by atoms with Gasteiger partial charge >= 0.3 is 0 Å². The first-order valence-electron chi connectivity index (χ1n) is 4.31. The Labute approximate surface area is 92.5 Å². The van der Waals surface area contributed by atoms with E-state index < -0.39 is 4.92 Å². The molecule has 5 heteroatoms. The molecule has 1 rings (SSSR count). The lowest BCUT2D eigenvalue weighted by Crippen LogP contribution is -2.00. The summed E-state index contributed by atoms with van der Waals surface area (Å²) in [6.45, 7) is 3.39. The third-order valence-electron chi connectivity index (χ3n) is 2.15. The van der Waals surface area contributed by atoms with Crippen molar-refractivity contribution in [3.63, 3.8) is 0 Å². The Hall–Kier alpha value is -1.55. The minimum absolute atomic E-state index is 0.0233. The van der Waals surface area contributed by atoms with Gasteiger partial charge in [0.25, 0.3) is 5.69 Å². The molecular formula is C10H11ClN2O2. The van der Waals surface area contributed by atoms with Gasteiger partial charge in [-0.1, -0.05) is 17.7 Å². The number of nitrogens with zero attached hydrogens (tertiary/aromatic N) is 1. The van der Waals surface area contributed by atoms with Crippen molar-refractivity contribution in [1.82, 2.24) is 0 Å². The maximum absolute atomic E-state index is 10.8. The summed E-state index contributed by atoms with van der Waals surface area (Å²) in [5.41, 5.74) is 7.13. The van der Waals surface area contributed by atoms with Gasteiger partial charge in [0.15, 0.2) is 0 Å². The summed E-state index contributed by atoms with van der Waals surface area (Å²) in [6.07, 6.45) is 0. The fraction of sp³-hybridized carbons (Fsp3) is 0.200. The average Bonchev–Trinajstić information content (AvgIpc) is 2.16. The SMILES string of the molecule is CC(N)=C(C)c1c(Cl)cccc1[N+](=O)[O-]. The van der Waals surface area contributed by atoms with Crippen LogP contribution in [-0.2, 0) is 0 Å². The summed E-state index contributed by atoms with van der Waals surface area (Å²) in [5, 5.41) is 11.1. The fourth-order valence-corrected chi connectivity index (χ4v) is 1.54. The van der Waals surface area contributed by atoms with Gasteiger partial charge in [0, 0.05) is 11.8 Å². The van der Waals surface area contributed by atoms with Crippen molar-refractivity contribution >= 4 is 22.9 Å². The van der Waals surface area contributed by atoms with Gasteiger partial charge in [0.2, 0.25) is 0 Å². The number of halogens is 1. The first kappa shape index (κ1) is 11.5. The fourth-order valence-electron chi connectivity index (χ4n) is 1.23. The van der Waals surface area contributed by atoms with Crippen LogP contribution in [-0.4, -0.2) is 4.92 Å². The minimum Gasteiger partial charge on any atom is -0.402 e. The number of nitro groups is 1. The Morgan fingerprint density at radius 2 is 2.07 bits per heavy atom. The number of rotatable bonds is 2. The van der Waals surface area contributed by atoms with Crippen LogP contribution in [0.3, 0.4) is 0 Å². The molecule has 0 bridgehead atoms. The Bertz CT molecular complexity index is 437. The monoisotopic (exact) mass is 226 g/mol. The molecule has 80 valence electrons. The van der Waals surface area contributed by atoms with E-state index in [1.54, 1.807) is 26.0 Å². The highest BCUT2D eigenvalue weighted by molar-refractivity contribution is 6.32. The molecule has 15 heavy (non-hydrogen) atoms. The average molecular weight is 227 g/mol. The number of allylic oxidation sites excluding steroid dienone is 2. The summed E-state index contributed by atoms with van der Waals surface area (Å²) in [4.78, 5) is 10.3. The van der Waals surface area contributed by atoms with Crippen molar-refractivity contribution in [2.75, 3.05) is 0 Å². The molecule has 0 amide bonds. The van der Waals surface area contributed by atoms with Crippen LogP contribution in [0.25, 0.3) is 5.57 Å². The van der Waals surface area contributed by atoms with Gasteiger partial charge in [-0.2, -0.15) is 0 Å². The maximum atomic E-state index is 10.8. The van der Waals surface area contributed by atoms with E-state index in [9.17, 15) is 10.1 Å². The molecule has 1 aromatic carbocycles. The molecular weight excluding hydrogens is 216 g/mol. The van der Waals surface area contributed by atoms with Crippen LogP contribution in [0.5, 0.6) is 0 Å². The largest absolute Gasteiger partial charge is 0.402 e. The first-order chi connectivity index (χ1) is 6.95. The van der Waals surface area contributed by atoms with Crippen LogP contribution < -0.4 is 5.73 Å². The van der Waals surface area contributed by atoms with E-state index in [4.69, 9.17) is 17.3 Å². The predicted molar refractivity (Wildman–Crippen MR) is 60.6 cm³/mol. The lowest BCUT2D eigenvalue weighted by atomic mass is 10.0. The maximum Gasteiger partial charge on any atom is 0.278 e. The van der Waals surface area contributed by atoms with Crippen molar-refractivity contribution < 1.29 is 4.92 Å². The number of nitro benzene ring substituents is 1. The van der Waals surface area contributed by atoms with Crippen LogP contribution in [0.2, 0.25) is 5.02 Å². The van der Waals surface area contributed by atoms with Crippen molar-refractivity contribution in [2.45, 2.75) is 13.8 Å². The van der Waals surface area contributed by atoms with Crippen molar-refractivity contribution in [3.8, 4) is 0 Å². The van der Waals surface area contributed by atoms with Gasteiger partial charge in [-0.3, -0.25) is 10.1 Å². The second-order valence-electron chi connectivity index (χ2n) is 3.20. The lowest BCUT2D eigenvalue weighted by molar-refractivity contribution is -0.385. The van der Waals surface area contributed by atoms with Gasteiger partial charge in [-0.25, -0.2) is 0 Å². The van der Waals surface area contributed by atoms with E-state index in [2.05, 4.69) is 0 Å². The minimum atomic E-state index is -0.465. The Balaban J connectivity index is 3.52. The zero-order valence-corrected chi connectivity index (χ0v) is 9.21. The molecule has 0 radical (unpaired) electrons. The van der Waals surface area contributed by atoms with E-state index in [1.165, 1.54) is 6.07 Å². The highest BCUT2D eigenvalue weighted by Crippen LogP contribution is 2.33. The van der Waals surface area contributed by atoms with Gasteiger partial charge < -0.3 is 5.73 Å². The summed E-state index contributed by atoms with van der Waals surface area (Å²) in [7, 11) is 0. The molecule has 1 aromatic rings. The molecule has 0 heterocycles. The molecule has 0 aliphatic rings. The third kappa shape index (κ3) is 2.27. The van der Waals surface area contributed by atoms with Gasteiger partial charge in [-0.15, -0.1) is 0 Å². The molecule has 0 aliphatic heterocycles. The second kappa shape index (κ2) is 4.31. The van der Waals surface area contributed by atoms with E-state index >= 15 is 0 Å². The van der Waals surface area contributed by atoms with Crippen LogP contribution in [0.15, 0.2) is 23.9 Å². The topological polar surface area (TPSA) is 69.2 Å². The first-order valence-corrected chi connectivity index (χ1v) is 4.69. The van der Waals surface area contributed by atoms with E-state index in [-0.39, 0.29) is 5.69 Å². The molecule has 0 atom stereocenters. The molecule has 0 spiro atoms. The van der Waals surface area contributed by atoms with E-state index in [0.29, 0.717) is 21.9 Å². The smallest absolute Gasteiger partial charge is 0.278 e. The Morgan fingerprint density at radius 1 is 1.47 bits per heavy atom. The summed E-state index contributed by atoms with van der Waals surface area (Å²) < 4.78 is 0. The molecule has 0 saturated carbocycles. The molecule has 2 N–H and O–H groups in total. The number of benzene rings is 1. The molecule has 4 nitrogen and oxygen atoms in total. The van der Waals surface area contributed by atoms with Crippen molar-refractivity contribution in [1.29, 1.82) is 0 Å². The molecule has 0 aromatic heterocycles. The van der Waals surface area contributed by atoms with E-state index in [0.717, 1.165) is 0 Å². The molecule has 0 aliphatic carbocycles. The van der Waals surface area contributed by atoms with Gasteiger partial charge in [-0.05, 0) is 25.5 Å².